The lowest BCUT2D eigenvalue weighted by atomic mass is 10.3. The molecule has 0 atom stereocenters. The van der Waals surface area contributed by atoms with Gasteiger partial charge in [0.05, 0.1) is 20.8 Å². The Morgan fingerprint density at radius 2 is 1.38 bits per heavy atom. The van der Waals surface area contributed by atoms with Crippen molar-refractivity contribution in [3.8, 4) is 5.75 Å². The molecule has 4 nitrogen and oxygen atoms in total. The Balaban J connectivity index is 2.28. The zero-order valence-electron chi connectivity index (χ0n) is 16.6. The molecule has 5 heteroatoms. The van der Waals surface area contributed by atoms with Crippen LogP contribution in [0.1, 0.15) is 6.92 Å². The second kappa shape index (κ2) is 9.90. The van der Waals surface area contributed by atoms with E-state index in [4.69, 9.17) is 14.2 Å². The van der Waals surface area contributed by atoms with Crippen molar-refractivity contribution in [1.29, 1.82) is 0 Å². The van der Waals surface area contributed by atoms with Gasteiger partial charge in [-0.3, -0.25) is 4.74 Å². The van der Waals surface area contributed by atoms with Crippen molar-refractivity contribution in [3.63, 3.8) is 0 Å². The van der Waals surface area contributed by atoms with E-state index in [1.807, 2.05) is 60.7 Å². The Morgan fingerprint density at radius 3 is 1.86 bits per heavy atom. The topological polar surface area (TPSA) is 47.9 Å². The predicted octanol–water partition coefficient (Wildman–Crippen LogP) is 4.25. The second-order valence-electron chi connectivity index (χ2n) is 6.19. The number of benzene rings is 3. The van der Waals surface area contributed by atoms with Gasteiger partial charge in [-0.2, -0.15) is 0 Å². The molecule has 3 aromatic rings. The summed E-state index contributed by atoms with van der Waals surface area (Å²) in [4.78, 5) is 11.8. The molecule has 0 saturated heterocycles. The molecule has 0 saturated carbocycles. The number of carbonyl (C=O) groups is 1. The molecule has 0 spiro atoms. The van der Waals surface area contributed by atoms with Crippen LogP contribution < -0.4 is 20.7 Å². The molecular formula is C24H24NO3P. The predicted molar refractivity (Wildman–Crippen MR) is 120 cm³/mol. The number of nitrogens with zero attached hydrogens (tertiary/aromatic N) is 1. The highest BCUT2D eigenvalue weighted by Gasteiger charge is 2.26. The fourth-order valence-corrected chi connectivity index (χ4v) is 6.47. The third-order valence-corrected chi connectivity index (χ3v) is 8.06. The molecule has 0 radical (unpaired) electrons. The van der Waals surface area contributed by atoms with E-state index in [0.717, 1.165) is 21.7 Å². The van der Waals surface area contributed by atoms with E-state index < -0.39 is 13.0 Å². The molecule has 0 aliphatic heterocycles. The number of carbonyl (C=O) groups excluding carboxylic acids is 1. The molecule has 0 aromatic heterocycles. The van der Waals surface area contributed by atoms with Crippen molar-refractivity contribution in [2.75, 3.05) is 13.7 Å². The van der Waals surface area contributed by atoms with Crippen molar-refractivity contribution in [2.24, 2.45) is 4.74 Å². The number of esters is 1. The summed E-state index contributed by atoms with van der Waals surface area (Å²) in [5.74, 6) is 0.389. The first-order chi connectivity index (χ1) is 14.2. The van der Waals surface area contributed by atoms with Gasteiger partial charge < -0.3 is 9.47 Å². The zero-order valence-corrected chi connectivity index (χ0v) is 17.5. The third-order valence-electron chi connectivity index (χ3n) is 4.44. The van der Waals surface area contributed by atoms with Gasteiger partial charge in [0.15, 0.2) is 0 Å². The lowest BCUT2D eigenvalue weighted by molar-refractivity contribution is -0.137. The smallest absolute Gasteiger partial charge is 0.332 e. The fourth-order valence-electron chi connectivity index (χ4n) is 3.12. The summed E-state index contributed by atoms with van der Waals surface area (Å²) >= 11 is 0. The van der Waals surface area contributed by atoms with E-state index >= 15 is 0 Å². The highest BCUT2D eigenvalue weighted by Crippen LogP contribution is 2.46. The largest absolute Gasteiger partial charge is 0.497 e. The molecule has 0 aliphatic rings. The molecule has 0 bridgehead atoms. The summed E-state index contributed by atoms with van der Waals surface area (Å²) in [6.45, 7) is 2.12. The maximum Gasteiger partial charge on any atom is 0.332 e. The van der Waals surface area contributed by atoms with Crippen LogP contribution in [-0.4, -0.2) is 19.7 Å². The van der Waals surface area contributed by atoms with Gasteiger partial charge in [-0.15, -0.1) is 0 Å². The van der Waals surface area contributed by atoms with Gasteiger partial charge in [-0.1, -0.05) is 60.7 Å². The van der Waals surface area contributed by atoms with Crippen LogP contribution in [0, 0.1) is 0 Å². The highest BCUT2D eigenvalue weighted by atomic mass is 31.2. The average molecular weight is 405 g/mol. The molecule has 0 unspecified atom stereocenters. The summed E-state index contributed by atoms with van der Waals surface area (Å²) in [7, 11) is -0.733. The maximum absolute atomic E-state index is 11.8. The van der Waals surface area contributed by atoms with E-state index in [1.165, 1.54) is 6.08 Å². The van der Waals surface area contributed by atoms with Gasteiger partial charge in [0.1, 0.15) is 5.75 Å². The van der Waals surface area contributed by atoms with Crippen LogP contribution in [0.5, 0.6) is 5.75 Å². The van der Waals surface area contributed by atoms with Gasteiger partial charge in [0.2, 0.25) is 0 Å². The lowest BCUT2D eigenvalue weighted by Gasteiger charge is -2.26. The first kappa shape index (κ1) is 20.6. The molecule has 0 N–H and O–H groups in total. The summed E-state index contributed by atoms with van der Waals surface area (Å²) in [6.07, 6.45) is 2.96. The number of ether oxygens (including phenoxy) is 2. The first-order valence-corrected chi connectivity index (χ1v) is 11.2. The van der Waals surface area contributed by atoms with E-state index in [9.17, 15) is 4.79 Å². The summed E-state index contributed by atoms with van der Waals surface area (Å²) in [6, 6.07) is 28.4. The van der Waals surface area contributed by atoms with Gasteiger partial charge in [0, 0.05) is 28.2 Å². The molecule has 148 valence electrons. The normalized spacial score (nSPS) is 11.2. The SMILES string of the molecule is CCOC(=O)/C=C/N=P(c1ccccc1)(c1ccccc1)c1ccc(OC)cc1. The minimum Gasteiger partial charge on any atom is -0.497 e. The average Bonchev–Trinajstić information content (AvgIpc) is 2.78. The van der Waals surface area contributed by atoms with Gasteiger partial charge in [-0.25, -0.2) is 4.79 Å². The number of hydrogen-bond donors (Lipinski definition) is 0. The van der Waals surface area contributed by atoms with Crippen molar-refractivity contribution in [1.82, 2.24) is 0 Å². The van der Waals surface area contributed by atoms with Crippen LogP contribution in [0.15, 0.2) is 102 Å². The molecular weight excluding hydrogens is 381 g/mol. The van der Waals surface area contributed by atoms with Crippen LogP contribution in [0.2, 0.25) is 0 Å². The molecule has 0 fully saturated rings. The summed E-state index contributed by atoms with van der Waals surface area (Å²) in [5, 5.41) is 3.28. The number of rotatable bonds is 7. The van der Waals surface area contributed by atoms with Crippen LogP contribution in [0.25, 0.3) is 0 Å². The highest BCUT2D eigenvalue weighted by molar-refractivity contribution is 7.87. The van der Waals surface area contributed by atoms with Crippen LogP contribution >= 0.6 is 7.05 Å². The molecule has 0 amide bonds. The Kier molecular flexibility index (Phi) is 7.04. The molecule has 3 rings (SSSR count). The fraction of sp³-hybridized carbons (Fsp3) is 0.125. The zero-order chi connectivity index (χ0) is 20.5. The van der Waals surface area contributed by atoms with E-state index in [1.54, 1.807) is 20.2 Å². The van der Waals surface area contributed by atoms with E-state index in [2.05, 4.69) is 24.3 Å². The number of hydrogen-bond acceptors (Lipinski definition) is 4. The van der Waals surface area contributed by atoms with Crippen molar-refractivity contribution in [3.05, 3.63) is 97.2 Å². The monoisotopic (exact) mass is 405 g/mol. The quantitative estimate of drug-likeness (QED) is 0.335. The second-order valence-corrected chi connectivity index (χ2v) is 9.24. The minimum atomic E-state index is -2.38. The lowest BCUT2D eigenvalue weighted by Crippen LogP contribution is -2.25. The summed E-state index contributed by atoms with van der Waals surface area (Å²) in [5.41, 5.74) is 0. The Hall–Kier alpha value is -3.10. The standard InChI is InChI=1S/C24H24NO3P/c1-3-28-24(26)18-19-25-29(21-10-6-4-7-11-21,22-12-8-5-9-13-22)23-16-14-20(27-2)15-17-23/h4-19H,3H2,1-2H3/b19-18+. The molecule has 29 heavy (non-hydrogen) atoms. The minimum absolute atomic E-state index is 0.333. The third kappa shape index (κ3) is 4.67. The Morgan fingerprint density at radius 1 is 0.862 bits per heavy atom. The molecule has 3 aromatic carbocycles. The molecule has 0 aliphatic carbocycles. The summed E-state index contributed by atoms with van der Waals surface area (Å²) < 4.78 is 15.4. The van der Waals surface area contributed by atoms with E-state index in [-0.39, 0.29) is 0 Å². The van der Waals surface area contributed by atoms with Gasteiger partial charge >= 0.3 is 5.97 Å². The van der Waals surface area contributed by atoms with Gasteiger partial charge in [0.25, 0.3) is 0 Å². The van der Waals surface area contributed by atoms with Crippen LogP contribution in [0.3, 0.4) is 0 Å². The van der Waals surface area contributed by atoms with Crippen molar-refractivity contribution < 1.29 is 14.3 Å². The number of methoxy groups -OCH3 is 1. The Labute approximate surface area is 171 Å². The maximum atomic E-state index is 11.8. The Bertz CT molecular complexity index is 970. The van der Waals surface area contributed by atoms with Gasteiger partial charge in [-0.05, 0) is 31.2 Å². The van der Waals surface area contributed by atoms with Crippen molar-refractivity contribution in [2.45, 2.75) is 6.92 Å². The molecule has 0 heterocycles. The first-order valence-electron chi connectivity index (χ1n) is 9.41. The van der Waals surface area contributed by atoms with Crippen LogP contribution in [-0.2, 0) is 9.53 Å². The van der Waals surface area contributed by atoms with Crippen molar-refractivity contribution >= 4 is 28.9 Å². The van der Waals surface area contributed by atoms with E-state index in [0.29, 0.717) is 6.61 Å². The van der Waals surface area contributed by atoms with Crippen LogP contribution in [0.4, 0.5) is 0 Å².